The number of hydrogen-bond acceptors (Lipinski definition) is 4. The molecule has 0 saturated carbocycles. The minimum atomic E-state index is 0.247. The molecule has 3 aliphatic heterocycles. The molecular formula is C18H25N3O2. The van der Waals surface area contributed by atoms with Gasteiger partial charge >= 0.3 is 0 Å². The molecule has 1 amide bonds. The SMILES string of the molecule is C[C@@H]1CN(c2cc(N3CCCC3=O)cc3c2OCC3)C[C@H](C)N1. The lowest BCUT2D eigenvalue weighted by atomic mass is 10.1. The van der Waals surface area contributed by atoms with Crippen molar-refractivity contribution in [2.75, 3.05) is 36.0 Å². The molecule has 3 heterocycles. The lowest BCUT2D eigenvalue weighted by Gasteiger charge is -2.38. The number of benzene rings is 1. The summed E-state index contributed by atoms with van der Waals surface area (Å²) < 4.78 is 5.93. The standard InChI is InChI=1S/C18H25N3O2/c1-12-10-20(11-13(2)19-12)16-9-15(21-6-3-4-17(21)22)8-14-5-7-23-18(14)16/h8-9,12-13,19H,3-7,10-11H2,1-2H3/t12-,13+. The molecule has 1 aromatic carbocycles. The normalized spacial score (nSPS) is 27.3. The Morgan fingerprint density at radius 2 is 1.96 bits per heavy atom. The Morgan fingerprint density at radius 1 is 1.17 bits per heavy atom. The van der Waals surface area contributed by atoms with Gasteiger partial charge in [-0.05, 0) is 32.4 Å². The molecule has 1 aromatic rings. The number of piperazine rings is 1. The molecule has 0 bridgehead atoms. The first-order valence-corrected chi connectivity index (χ1v) is 8.73. The van der Waals surface area contributed by atoms with Gasteiger partial charge in [-0.3, -0.25) is 4.79 Å². The fraction of sp³-hybridized carbons (Fsp3) is 0.611. The maximum absolute atomic E-state index is 12.1. The highest BCUT2D eigenvalue weighted by atomic mass is 16.5. The third kappa shape index (κ3) is 2.67. The summed E-state index contributed by atoms with van der Waals surface area (Å²) in [6.07, 6.45) is 2.57. The number of nitrogens with one attached hydrogen (secondary N) is 1. The minimum Gasteiger partial charge on any atom is -0.491 e. The molecule has 0 aromatic heterocycles. The van der Waals surface area contributed by atoms with E-state index in [0.29, 0.717) is 18.5 Å². The van der Waals surface area contributed by atoms with Gasteiger partial charge in [0.05, 0.1) is 12.3 Å². The molecule has 23 heavy (non-hydrogen) atoms. The van der Waals surface area contributed by atoms with Crippen molar-refractivity contribution < 1.29 is 9.53 Å². The van der Waals surface area contributed by atoms with Crippen molar-refractivity contribution in [3.05, 3.63) is 17.7 Å². The van der Waals surface area contributed by atoms with Crippen molar-refractivity contribution >= 4 is 17.3 Å². The van der Waals surface area contributed by atoms with Gasteiger partial charge in [-0.25, -0.2) is 0 Å². The Balaban J connectivity index is 1.73. The predicted octanol–water partition coefficient (Wildman–Crippen LogP) is 1.93. The zero-order valence-corrected chi connectivity index (χ0v) is 14.0. The van der Waals surface area contributed by atoms with Crippen molar-refractivity contribution in [1.29, 1.82) is 0 Å². The fourth-order valence-corrected chi connectivity index (χ4v) is 4.11. The molecule has 2 atom stereocenters. The first kappa shape index (κ1) is 14.8. The van der Waals surface area contributed by atoms with Crippen LogP contribution in [0.3, 0.4) is 0 Å². The molecule has 3 aliphatic rings. The summed E-state index contributed by atoms with van der Waals surface area (Å²) in [5.41, 5.74) is 3.46. The van der Waals surface area contributed by atoms with Crippen LogP contribution in [0.1, 0.15) is 32.3 Å². The molecule has 5 nitrogen and oxygen atoms in total. The van der Waals surface area contributed by atoms with Crippen LogP contribution in [0.4, 0.5) is 11.4 Å². The van der Waals surface area contributed by atoms with Gasteiger partial charge in [-0.1, -0.05) is 0 Å². The number of hydrogen-bond donors (Lipinski definition) is 1. The second-order valence-corrected chi connectivity index (χ2v) is 7.07. The summed E-state index contributed by atoms with van der Waals surface area (Å²) in [7, 11) is 0. The van der Waals surface area contributed by atoms with E-state index in [1.54, 1.807) is 0 Å². The van der Waals surface area contributed by atoms with Crippen molar-refractivity contribution in [1.82, 2.24) is 5.32 Å². The number of nitrogens with zero attached hydrogens (tertiary/aromatic N) is 2. The number of ether oxygens (including phenoxy) is 1. The van der Waals surface area contributed by atoms with Gasteiger partial charge in [0, 0.05) is 55.8 Å². The fourth-order valence-electron chi connectivity index (χ4n) is 4.11. The Bertz CT molecular complexity index is 621. The van der Waals surface area contributed by atoms with Crippen LogP contribution in [0.5, 0.6) is 5.75 Å². The Kier molecular flexibility index (Phi) is 3.68. The van der Waals surface area contributed by atoms with Crippen LogP contribution in [0, 0.1) is 0 Å². The van der Waals surface area contributed by atoms with Gasteiger partial charge in [0.2, 0.25) is 5.91 Å². The molecule has 4 rings (SSSR count). The number of fused-ring (bicyclic) bond motifs is 1. The lowest BCUT2D eigenvalue weighted by Crippen LogP contribution is -2.54. The second-order valence-electron chi connectivity index (χ2n) is 7.07. The number of amides is 1. The van der Waals surface area contributed by atoms with E-state index in [0.717, 1.165) is 56.2 Å². The summed E-state index contributed by atoms with van der Waals surface area (Å²) in [4.78, 5) is 16.5. The number of anilines is 2. The lowest BCUT2D eigenvalue weighted by molar-refractivity contribution is -0.117. The highest BCUT2D eigenvalue weighted by Gasteiger charge is 2.29. The largest absolute Gasteiger partial charge is 0.491 e. The Morgan fingerprint density at radius 3 is 2.65 bits per heavy atom. The van der Waals surface area contributed by atoms with Gasteiger partial charge in [0.15, 0.2) is 0 Å². The number of carbonyl (C=O) groups excluding carboxylic acids is 1. The monoisotopic (exact) mass is 315 g/mol. The third-order valence-corrected chi connectivity index (χ3v) is 5.03. The topological polar surface area (TPSA) is 44.8 Å². The van der Waals surface area contributed by atoms with Crippen LogP contribution in [-0.2, 0) is 11.2 Å². The van der Waals surface area contributed by atoms with Crippen LogP contribution >= 0.6 is 0 Å². The molecule has 1 N–H and O–H groups in total. The van der Waals surface area contributed by atoms with Gasteiger partial charge in [-0.2, -0.15) is 0 Å². The third-order valence-electron chi connectivity index (χ3n) is 5.03. The molecule has 2 saturated heterocycles. The maximum Gasteiger partial charge on any atom is 0.227 e. The van der Waals surface area contributed by atoms with E-state index in [1.807, 2.05) is 4.90 Å². The molecular weight excluding hydrogens is 290 g/mol. The zero-order valence-electron chi connectivity index (χ0n) is 14.0. The summed E-state index contributed by atoms with van der Waals surface area (Å²) >= 11 is 0. The number of carbonyl (C=O) groups is 1. The van der Waals surface area contributed by atoms with Crippen molar-refractivity contribution in [2.24, 2.45) is 0 Å². The van der Waals surface area contributed by atoms with Crippen molar-refractivity contribution in [2.45, 2.75) is 45.2 Å². The average molecular weight is 315 g/mol. The second kappa shape index (κ2) is 5.71. The van der Waals surface area contributed by atoms with E-state index < -0.39 is 0 Å². The first-order valence-electron chi connectivity index (χ1n) is 8.73. The molecule has 2 fully saturated rings. The van der Waals surface area contributed by atoms with Crippen molar-refractivity contribution in [3.8, 4) is 5.75 Å². The smallest absolute Gasteiger partial charge is 0.227 e. The van der Waals surface area contributed by atoms with Gasteiger partial charge < -0.3 is 19.9 Å². The van der Waals surface area contributed by atoms with E-state index >= 15 is 0 Å². The highest BCUT2D eigenvalue weighted by molar-refractivity contribution is 5.96. The molecule has 5 heteroatoms. The molecule has 0 spiro atoms. The summed E-state index contributed by atoms with van der Waals surface area (Å²) in [5, 5.41) is 3.58. The average Bonchev–Trinajstić information content (AvgIpc) is 3.13. The van der Waals surface area contributed by atoms with Gasteiger partial charge in [0.25, 0.3) is 0 Å². The van der Waals surface area contributed by atoms with E-state index in [-0.39, 0.29) is 5.91 Å². The zero-order chi connectivity index (χ0) is 16.0. The Hall–Kier alpha value is -1.75. The van der Waals surface area contributed by atoms with E-state index in [2.05, 4.69) is 36.2 Å². The maximum atomic E-state index is 12.1. The van der Waals surface area contributed by atoms with Crippen LogP contribution in [0.15, 0.2) is 12.1 Å². The molecule has 124 valence electrons. The van der Waals surface area contributed by atoms with Crippen LogP contribution in [0.2, 0.25) is 0 Å². The van der Waals surface area contributed by atoms with Crippen LogP contribution < -0.4 is 19.9 Å². The van der Waals surface area contributed by atoms with E-state index in [9.17, 15) is 4.79 Å². The molecule has 0 aliphatic carbocycles. The molecule has 0 radical (unpaired) electrons. The van der Waals surface area contributed by atoms with Crippen molar-refractivity contribution in [3.63, 3.8) is 0 Å². The van der Waals surface area contributed by atoms with E-state index in [1.165, 1.54) is 5.56 Å². The van der Waals surface area contributed by atoms with Gasteiger partial charge in [-0.15, -0.1) is 0 Å². The first-order chi connectivity index (χ1) is 11.1. The predicted molar refractivity (Wildman–Crippen MR) is 91.5 cm³/mol. The van der Waals surface area contributed by atoms with E-state index in [4.69, 9.17) is 4.74 Å². The summed E-state index contributed by atoms with van der Waals surface area (Å²) in [6.45, 7) is 7.97. The van der Waals surface area contributed by atoms with Crippen LogP contribution in [0.25, 0.3) is 0 Å². The van der Waals surface area contributed by atoms with Crippen LogP contribution in [-0.4, -0.2) is 44.2 Å². The van der Waals surface area contributed by atoms with Gasteiger partial charge in [0.1, 0.15) is 5.75 Å². The minimum absolute atomic E-state index is 0.247. The summed E-state index contributed by atoms with van der Waals surface area (Å²) in [6, 6.07) is 5.23. The molecule has 0 unspecified atom stereocenters. The summed E-state index contributed by atoms with van der Waals surface area (Å²) in [5.74, 6) is 1.28. The number of rotatable bonds is 2. The Labute approximate surface area is 137 Å². The highest BCUT2D eigenvalue weighted by Crippen LogP contribution is 2.41. The quantitative estimate of drug-likeness (QED) is 0.906.